The molecule has 5 rings (SSSR count). The number of hydrogen-bond donors (Lipinski definition) is 1. The van der Waals surface area contributed by atoms with Crippen molar-refractivity contribution in [2.75, 3.05) is 6.61 Å². The fourth-order valence-electron chi connectivity index (χ4n) is 4.98. The number of carbonyl (C=O) groups excluding carboxylic acids is 2. The number of non-ortho nitro benzene ring substituents is 1. The van der Waals surface area contributed by atoms with Crippen molar-refractivity contribution < 1.29 is 42.5 Å². The minimum atomic E-state index is -4.52. The Labute approximate surface area is 240 Å². The lowest BCUT2D eigenvalue weighted by molar-refractivity contribution is -0.384. The molecule has 1 amide bonds. The molecule has 3 aromatic carbocycles. The Balaban J connectivity index is 1.47. The quantitative estimate of drug-likeness (QED) is 0.0997. The van der Waals surface area contributed by atoms with Crippen LogP contribution >= 0.6 is 7.82 Å². The largest absolute Gasteiger partial charge is 0.646 e. The first-order chi connectivity index (χ1) is 20.2. The molecule has 2 heterocycles. The SMILES string of the molecule is C[C@H]1C(OP(=O)(Oc2ccccc2)Oc2ccccc2)=C(C(=O)OCc2ccc([N+](=O)[O-])cc2)N2C(=O)[C@@H](CCO)[C@H]12. The molecule has 1 N–H and O–H groups in total. The fraction of sp³-hybridized carbons (Fsp3) is 0.241. The number of carbonyl (C=O) groups is 2. The van der Waals surface area contributed by atoms with E-state index in [-0.39, 0.29) is 48.3 Å². The van der Waals surface area contributed by atoms with Crippen LogP contribution in [0.15, 0.2) is 96.4 Å². The van der Waals surface area contributed by atoms with Crippen LogP contribution in [-0.2, 0) is 30.0 Å². The number of aliphatic hydroxyl groups excluding tert-OH is 1. The number of β-lactam (4-membered cyclic amide) rings is 1. The van der Waals surface area contributed by atoms with Crippen molar-refractivity contribution >= 4 is 25.4 Å². The van der Waals surface area contributed by atoms with E-state index in [0.29, 0.717) is 5.56 Å². The molecule has 0 bridgehead atoms. The smallest absolute Gasteiger partial charge is 0.456 e. The molecule has 42 heavy (non-hydrogen) atoms. The van der Waals surface area contributed by atoms with Crippen LogP contribution in [0.25, 0.3) is 0 Å². The predicted molar refractivity (Wildman–Crippen MR) is 148 cm³/mol. The lowest BCUT2D eigenvalue weighted by Crippen LogP contribution is -2.60. The molecule has 0 radical (unpaired) electrons. The Morgan fingerprint density at radius 1 is 0.952 bits per heavy atom. The van der Waals surface area contributed by atoms with Crippen molar-refractivity contribution in [1.29, 1.82) is 0 Å². The number of hydrogen-bond acceptors (Lipinski definition) is 10. The molecule has 1 saturated heterocycles. The molecule has 0 aliphatic carbocycles. The van der Waals surface area contributed by atoms with Gasteiger partial charge in [-0.3, -0.25) is 19.8 Å². The summed E-state index contributed by atoms with van der Waals surface area (Å²) in [6, 6.07) is 21.3. The second-order valence-corrected chi connectivity index (χ2v) is 11.1. The molecule has 12 nitrogen and oxygen atoms in total. The van der Waals surface area contributed by atoms with Gasteiger partial charge in [-0.2, -0.15) is 4.57 Å². The van der Waals surface area contributed by atoms with Gasteiger partial charge in [-0.1, -0.05) is 43.3 Å². The van der Waals surface area contributed by atoms with Crippen molar-refractivity contribution in [3.8, 4) is 11.5 Å². The molecule has 13 heteroatoms. The number of benzene rings is 3. The summed E-state index contributed by atoms with van der Waals surface area (Å²) in [5.41, 5.74) is 0.102. The molecule has 218 valence electrons. The van der Waals surface area contributed by atoms with E-state index in [9.17, 15) is 29.4 Å². The van der Waals surface area contributed by atoms with E-state index in [2.05, 4.69) is 0 Å². The number of ether oxygens (including phenoxy) is 1. The first-order valence-corrected chi connectivity index (χ1v) is 14.5. The van der Waals surface area contributed by atoms with Crippen LogP contribution < -0.4 is 9.05 Å². The number of aliphatic hydroxyl groups is 1. The highest BCUT2D eigenvalue weighted by Gasteiger charge is 2.60. The van der Waals surface area contributed by atoms with Gasteiger partial charge in [0.15, 0.2) is 5.70 Å². The first kappa shape index (κ1) is 28.8. The monoisotopic (exact) mass is 594 g/mol. The second-order valence-electron chi connectivity index (χ2n) is 9.67. The van der Waals surface area contributed by atoms with Gasteiger partial charge >= 0.3 is 13.8 Å². The summed E-state index contributed by atoms with van der Waals surface area (Å²) in [7, 11) is -4.52. The van der Waals surface area contributed by atoms with Gasteiger partial charge in [0.1, 0.15) is 23.9 Å². The Morgan fingerprint density at radius 2 is 1.52 bits per heavy atom. The van der Waals surface area contributed by atoms with Crippen LogP contribution in [0.4, 0.5) is 5.69 Å². The number of nitro benzene ring substituents is 1. The summed E-state index contributed by atoms with van der Waals surface area (Å²) >= 11 is 0. The normalized spacial score (nSPS) is 19.5. The van der Waals surface area contributed by atoms with Crippen LogP contribution in [0.1, 0.15) is 18.9 Å². The maximum absolute atomic E-state index is 14.2. The van der Waals surface area contributed by atoms with Gasteiger partial charge in [-0.25, -0.2) is 4.79 Å². The van der Waals surface area contributed by atoms with Crippen molar-refractivity contribution in [3.05, 3.63) is 112 Å². The second kappa shape index (κ2) is 12.1. The number of nitro groups is 1. The van der Waals surface area contributed by atoms with Crippen LogP contribution in [0, 0.1) is 22.0 Å². The minimum absolute atomic E-state index is 0.113. The molecule has 3 atom stereocenters. The predicted octanol–water partition coefficient (Wildman–Crippen LogP) is 4.99. The Morgan fingerprint density at radius 3 is 2.05 bits per heavy atom. The fourth-order valence-corrected chi connectivity index (χ4v) is 6.34. The number of fused-ring (bicyclic) bond motifs is 1. The third-order valence-electron chi connectivity index (χ3n) is 6.95. The van der Waals surface area contributed by atoms with E-state index in [0.717, 1.165) is 0 Å². The maximum Gasteiger partial charge on any atom is 0.646 e. The summed E-state index contributed by atoms with van der Waals surface area (Å²) in [5.74, 6) is -2.31. The lowest BCUT2D eigenvalue weighted by Gasteiger charge is -2.44. The summed E-state index contributed by atoms with van der Waals surface area (Å²) in [4.78, 5) is 38.2. The minimum Gasteiger partial charge on any atom is -0.456 e. The summed E-state index contributed by atoms with van der Waals surface area (Å²) < 4.78 is 37.0. The molecule has 2 aliphatic rings. The number of para-hydroxylation sites is 2. The molecule has 0 unspecified atom stereocenters. The van der Waals surface area contributed by atoms with Gasteiger partial charge in [0.05, 0.1) is 16.9 Å². The third-order valence-corrected chi connectivity index (χ3v) is 8.24. The van der Waals surface area contributed by atoms with E-state index in [1.807, 2.05) is 0 Å². The van der Waals surface area contributed by atoms with Gasteiger partial charge in [0, 0.05) is 24.7 Å². The lowest BCUT2D eigenvalue weighted by atomic mass is 9.80. The molecular weight excluding hydrogens is 567 g/mol. The molecule has 0 aromatic heterocycles. The van der Waals surface area contributed by atoms with Crippen molar-refractivity contribution in [2.45, 2.75) is 26.0 Å². The number of nitrogens with zero attached hydrogens (tertiary/aromatic N) is 2. The van der Waals surface area contributed by atoms with E-state index < -0.39 is 42.5 Å². The zero-order valence-electron chi connectivity index (χ0n) is 22.4. The molecule has 0 spiro atoms. The molecule has 0 saturated carbocycles. The average molecular weight is 595 g/mol. The molecular formula is C29H27N2O10P. The van der Waals surface area contributed by atoms with Crippen molar-refractivity contribution in [3.63, 3.8) is 0 Å². The highest BCUT2D eigenvalue weighted by atomic mass is 31.2. The topological polar surface area (TPSA) is 155 Å². The Hall–Kier alpha value is -4.67. The molecule has 2 aliphatic heterocycles. The number of phosphoric acid groups is 1. The standard InChI is InChI=1S/C29H27N2O10P/c1-19-25-24(16-17-32)28(33)30(25)26(29(34)38-18-20-12-14-21(15-13-20)31(35)36)27(19)41-42(37,39-22-8-4-2-5-9-22)40-23-10-6-3-7-11-23/h2-15,19,24-25,32H,16-18H2,1H3/t19-,24+,25+/m1/s1. The number of rotatable bonds is 12. The van der Waals surface area contributed by atoms with Gasteiger partial charge in [-0.15, -0.1) is 0 Å². The Bertz CT molecular complexity index is 1500. The van der Waals surface area contributed by atoms with E-state index >= 15 is 0 Å². The van der Waals surface area contributed by atoms with Gasteiger partial charge in [-0.05, 0) is 48.4 Å². The molecule has 3 aromatic rings. The van der Waals surface area contributed by atoms with Gasteiger partial charge in [0.2, 0.25) is 5.91 Å². The summed E-state index contributed by atoms with van der Waals surface area (Å²) in [5, 5.41) is 20.5. The van der Waals surface area contributed by atoms with Crippen LogP contribution in [0.5, 0.6) is 11.5 Å². The van der Waals surface area contributed by atoms with Gasteiger partial charge in [0.25, 0.3) is 5.69 Å². The molecule has 1 fully saturated rings. The maximum atomic E-state index is 14.2. The van der Waals surface area contributed by atoms with E-state index in [1.54, 1.807) is 67.6 Å². The zero-order chi connectivity index (χ0) is 29.9. The average Bonchev–Trinajstić information content (AvgIpc) is 3.23. The highest BCUT2D eigenvalue weighted by molar-refractivity contribution is 7.49. The van der Waals surface area contributed by atoms with Crippen molar-refractivity contribution in [1.82, 2.24) is 4.90 Å². The van der Waals surface area contributed by atoms with Crippen LogP contribution in [-0.4, -0.2) is 39.5 Å². The van der Waals surface area contributed by atoms with Crippen LogP contribution in [0.3, 0.4) is 0 Å². The van der Waals surface area contributed by atoms with Crippen LogP contribution in [0.2, 0.25) is 0 Å². The van der Waals surface area contributed by atoms with E-state index in [4.69, 9.17) is 18.3 Å². The Kier molecular flexibility index (Phi) is 8.28. The van der Waals surface area contributed by atoms with E-state index in [1.165, 1.54) is 29.2 Å². The zero-order valence-corrected chi connectivity index (χ0v) is 23.3. The third kappa shape index (κ3) is 5.86. The summed E-state index contributed by atoms with van der Waals surface area (Å²) in [6.07, 6.45) is 0.168. The summed E-state index contributed by atoms with van der Waals surface area (Å²) in [6.45, 7) is 1.21. The van der Waals surface area contributed by atoms with Gasteiger partial charge < -0.3 is 23.4 Å². The first-order valence-electron chi connectivity index (χ1n) is 13.1. The highest BCUT2D eigenvalue weighted by Crippen LogP contribution is 2.57. The van der Waals surface area contributed by atoms with Crippen molar-refractivity contribution in [2.24, 2.45) is 11.8 Å². The number of esters is 1. The number of amides is 1. The number of phosphoric ester groups is 1.